The van der Waals surface area contributed by atoms with E-state index >= 15 is 0 Å². The Bertz CT molecular complexity index is 2180. The number of para-hydroxylation sites is 2. The van der Waals surface area contributed by atoms with E-state index in [0.717, 1.165) is 44.3 Å². The zero-order valence-electron chi connectivity index (χ0n) is 23.4. The third-order valence-corrected chi connectivity index (χ3v) is 8.07. The van der Waals surface area contributed by atoms with Gasteiger partial charge in [-0.05, 0) is 39.7 Å². The van der Waals surface area contributed by atoms with E-state index in [0.29, 0.717) is 5.95 Å². The molecule has 0 aliphatic carbocycles. The third-order valence-electron chi connectivity index (χ3n) is 8.07. The first-order valence-corrected chi connectivity index (χ1v) is 14.5. The lowest BCUT2D eigenvalue weighted by molar-refractivity contribution is 0.992. The maximum atomic E-state index is 5.28. The number of rotatable bonds is 3. The quantitative estimate of drug-likeness (QED) is 0.219. The number of hydrogen-bond acceptors (Lipinski definition) is 2. The van der Waals surface area contributed by atoms with Gasteiger partial charge < -0.3 is 0 Å². The lowest BCUT2D eigenvalue weighted by Crippen LogP contribution is -2.06. The number of aromatic nitrogens is 3. The van der Waals surface area contributed by atoms with Gasteiger partial charge in [-0.25, -0.2) is 9.97 Å². The predicted octanol–water partition coefficient (Wildman–Crippen LogP) is 10.3. The lowest BCUT2D eigenvalue weighted by atomic mass is 10.0. The molecule has 0 saturated carbocycles. The average Bonchev–Trinajstić information content (AvgIpc) is 3.13. The van der Waals surface area contributed by atoms with Crippen molar-refractivity contribution in [2.24, 2.45) is 0 Å². The molecule has 0 radical (unpaired) electrons. The molecule has 0 bridgehead atoms. The summed E-state index contributed by atoms with van der Waals surface area (Å²) in [5.41, 5.74) is 5.90. The smallest absolute Gasteiger partial charge is 0.235 e. The Morgan fingerprint density at radius 3 is 1.07 bits per heavy atom. The Hall–Kier alpha value is -5.80. The number of benzene rings is 6. The van der Waals surface area contributed by atoms with Gasteiger partial charge in [-0.15, -0.1) is 0 Å². The molecule has 8 rings (SSSR count). The van der Waals surface area contributed by atoms with E-state index in [9.17, 15) is 0 Å². The molecule has 3 nitrogen and oxygen atoms in total. The van der Waals surface area contributed by atoms with Gasteiger partial charge in [0.2, 0.25) is 5.95 Å². The first kappa shape index (κ1) is 25.0. The van der Waals surface area contributed by atoms with Crippen LogP contribution in [-0.2, 0) is 0 Å². The molecular formula is C40H27N3. The van der Waals surface area contributed by atoms with Crippen molar-refractivity contribution in [3.63, 3.8) is 0 Å². The zero-order valence-corrected chi connectivity index (χ0v) is 23.4. The lowest BCUT2D eigenvalue weighted by Gasteiger charge is -2.15. The molecule has 6 aromatic carbocycles. The number of nitrogens with zero attached hydrogens (tertiary/aromatic N) is 3. The average molecular weight is 550 g/mol. The second-order valence-corrected chi connectivity index (χ2v) is 10.6. The molecule has 0 aliphatic heterocycles. The number of fused-ring (bicyclic) bond motifs is 7. The Balaban J connectivity index is 1.63. The molecule has 0 aliphatic rings. The second kappa shape index (κ2) is 10.6. The van der Waals surface area contributed by atoms with Gasteiger partial charge >= 0.3 is 0 Å². The summed E-state index contributed by atoms with van der Waals surface area (Å²) in [6.07, 6.45) is 0. The molecule has 0 amide bonds. The van der Waals surface area contributed by atoms with Crippen molar-refractivity contribution < 1.29 is 0 Å². The third kappa shape index (κ3) is 4.39. The fourth-order valence-electron chi connectivity index (χ4n) is 6.09. The van der Waals surface area contributed by atoms with Crippen LogP contribution < -0.4 is 0 Å². The van der Waals surface area contributed by atoms with Crippen LogP contribution in [0.3, 0.4) is 0 Å². The minimum atomic E-state index is 0.622. The minimum absolute atomic E-state index is 0.622. The van der Waals surface area contributed by atoms with Gasteiger partial charge in [-0.2, -0.15) is 0 Å². The van der Waals surface area contributed by atoms with E-state index in [1.807, 2.05) is 12.1 Å². The molecule has 3 heteroatoms. The Kier molecular flexibility index (Phi) is 6.12. The van der Waals surface area contributed by atoms with Gasteiger partial charge in [0, 0.05) is 21.9 Å². The topological polar surface area (TPSA) is 30.7 Å². The Labute approximate surface area is 249 Å². The SMILES string of the molecule is c1ccc(-c2cc(-c3ccccc3)nc(-n3c4ccccc4c4ccccc4c4ccccc4c4ccccc43)n2)cc1. The summed E-state index contributed by atoms with van der Waals surface area (Å²) in [5.74, 6) is 0.622. The fraction of sp³-hybridized carbons (Fsp3) is 0. The summed E-state index contributed by atoms with van der Waals surface area (Å²) in [6, 6.07) is 57.4. The van der Waals surface area contributed by atoms with Crippen LogP contribution in [0.5, 0.6) is 0 Å². The molecular weight excluding hydrogens is 522 g/mol. The molecule has 0 N–H and O–H groups in total. The van der Waals surface area contributed by atoms with Gasteiger partial charge in [-0.3, -0.25) is 4.57 Å². The maximum absolute atomic E-state index is 5.28. The van der Waals surface area contributed by atoms with Gasteiger partial charge in [0.1, 0.15) is 0 Å². The minimum Gasteiger partial charge on any atom is -0.278 e. The van der Waals surface area contributed by atoms with Crippen molar-refractivity contribution >= 4 is 43.4 Å². The van der Waals surface area contributed by atoms with Gasteiger partial charge in [0.05, 0.1) is 22.4 Å². The van der Waals surface area contributed by atoms with E-state index in [1.165, 1.54) is 21.5 Å². The van der Waals surface area contributed by atoms with Crippen LogP contribution in [0.25, 0.3) is 71.8 Å². The summed E-state index contributed by atoms with van der Waals surface area (Å²) >= 11 is 0. The van der Waals surface area contributed by atoms with Crippen molar-refractivity contribution in [1.29, 1.82) is 0 Å². The van der Waals surface area contributed by atoms with E-state index in [1.54, 1.807) is 0 Å². The van der Waals surface area contributed by atoms with Crippen LogP contribution in [0.1, 0.15) is 0 Å². The summed E-state index contributed by atoms with van der Waals surface area (Å²) in [5, 5.41) is 6.99. The molecule has 202 valence electrons. The first-order chi connectivity index (χ1) is 21.3. The van der Waals surface area contributed by atoms with Gasteiger partial charge in [0.15, 0.2) is 0 Å². The second-order valence-electron chi connectivity index (χ2n) is 10.6. The summed E-state index contributed by atoms with van der Waals surface area (Å²) in [7, 11) is 0. The highest BCUT2D eigenvalue weighted by Gasteiger charge is 2.15. The monoisotopic (exact) mass is 549 g/mol. The molecule has 0 unspecified atom stereocenters. The Morgan fingerprint density at radius 2 is 0.651 bits per heavy atom. The largest absolute Gasteiger partial charge is 0.278 e. The highest BCUT2D eigenvalue weighted by molar-refractivity contribution is 6.19. The van der Waals surface area contributed by atoms with Crippen molar-refractivity contribution in [3.05, 3.63) is 164 Å². The van der Waals surface area contributed by atoms with E-state index in [-0.39, 0.29) is 0 Å². The highest BCUT2D eigenvalue weighted by Crippen LogP contribution is 2.34. The summed E-state index contributed by atoms with van der Waals surface area (Å²) < 4.78 is 2.24. The number of hydrogen-bond donors (Lipinski definition) is 0. The molecule has 2 heterocycles. The van der Waals surface area contributed by atoms with Crippen molar-refractivity contribution in [2.75, 3.05) is 0 Å². The van der Waals surface area contributed by atoms with Gasteiger partial charge in [-0.1, -0.05) is 146 Å². The van der Waals surface area contributed by atoms with Crippen molar-refractivity contribution in [3.8, 4) is 28.5 Å². The first-order valence-electron chi connectivity index (χ1n) is 14.5. The van der Waals surface area contributed by atoms with Crippen molar-refractivity contribution in [1.82, 2.24) is 14.5 Å². The van der Waals surface area contributed by atoms with Gasteiger partial charge in [0.25, 0.3) is 0 Å². The molecule has 0 saturated heterocycles. The van der Waals surface area contributed by atoms with E-state index in [2.05, 4.69) is 156 Å². The molecule has 0 fully saturated rings. The van der Waals surface area contributed by atoms with Crippen LogP contribution in [-0.4, -0.2) is 14.5 Å². The van der Waals surface area contributed by atoms with E-state index in [4.69, 9.17) is 9.97 Å². The van der Waals surface area contributed by atoms with E-state index < -0.39 is 0 Å². The van der Waals surface area contributed by atoms with Crippen molar-refractivity contribution in [2.45, 2.75) is 0 Å². The van der Waals surface area contributed by atoms with Crippen LogP contribution >= 0.6 is 0 Å². The van der Waals surface area contributed by atoms with Crippen LogP contribution in [0.2, 0.25) is 0 Å². The summed E-state index contributed by atoms with van der Waals surface area (Å²) in [6.45, 7) is 0. The molecule has 0 atom stereocenters. The fourth-order valence-corrected chi connectivity index (χ4v) is 6.09. The standard InChI is InChI=1S/C40H27N3/c1-3-15-28(16-4-1)36-27-37(29-17-5-2-6-18-29)42-40(41-36)43-38-25-13-11-23-34(38)32-21-9-7-19-30(32)31-20-8-10-22-33(31)35-24-12-14-26-39(35)43/h1-27H. The zero-order chi connectivity index (χ0) is 28.6. The maximum Gasteiger partial charge on any atom is 0.235 e. The predicted molar refractivity (Wildman–Crippen MR) is 180 cm³/mol. The molecule has 0 spiro atoms. The normalized spacial score (nSPS) is 11.3. The van der Waals surface area contributed by atoms with Crippen LogP contribution in [0.4, 0.5) is 0 Å². The highest BCUT2D eigenvalue weighted by atomic mass is 15.2. The summed E-state index contributed by atoms with van der Waals surface area (Å²) in [4.78, 5) is 10.6. The molecule has 2 aromatic heterocycles. The molecule has 43 heavy (non-hydrogen) atoms. The molecule has 8 aromatic rings. The van der Waals surface area contributed by atoms with Crippen LogP contribution in [0.15, 0.2) is 164 Å². The Morgan fingerprint density at radius 1 is 0.326 bits per heavy atom. The van der Waals surface area contributed by atoms with Crippen LogP contribution in [0, 0.1) is 0 Å².